The highest BCUT2D eigenvalue weighted by molar-refractivity contribution is 6.30. The second-order valence-corrected chi connectivity index (χ2v) is 10.4. The number of halogens is 3. The zero-order chi connectivity index (χ0) is 24.4. The van der Waals surface area contributed by atoms with Gasteiger partial charge in [0.15, 0.2) is 0 Å². The van der Waals surface area contributed by atoms with Gasteiger partial charge in [0.1, 0.15) is 5.82 Å². The maximum atomic E-state index is 14.8. The predicted molar refractivity (Wildman–Crippen MR) is 142 cm³/mol. The molecule has 1 aliphatic heterocycles. The van der Waals surface area contributed by atoms with Crippen LogP contribution in [0, 0.1) is 18.7 Å². The molecule has 0 spiro atoms. The van der Waals surface area contributed by atoms with E-state index in [-0.39, 0.29) is 17.5 Å². The molecule has 1 fully saturated rings. The molecule has 0 atom stereocenters. The second kappa shape index (κ2) is 10.6. The molecule has 5 rings (SSSR count). The minimum Gasteiger partial charge on any atom is -0.303 e. The van der Waals surface area contributed by atoms with Gasteiger partial charge in [-0.2, -0.15) is 0 Å². The number of rotatable bonds is 7. The molecule has 2 aliphatic rings. The van der Waals surface area contributed by atoms with Gasteiger partial charge in [0.2, 0.25) is 0 Å². The first-order valence-corrected chi connectivity index (χ1v) is 13.1. The summed E-state index contributed by atoms with van der Waals surface area (Å²) in [6.45, 7) is 4.59. The fourth-order valence-corrected chi connectivity index (χ4v) is 5.92. The van der Waals surface area contributed by atoms with E-state index in [1.165, 1.54) is 33.4 Å². The summed E-state index contributed by atoms with van der Waals surface area (Å²) in [5, 5.41) is 0.172. The highest BCUT2D eigenvalue weighted by Crippen LogP contribution is 2.41. The third-order valence-electron chi connectivity index (χ3n) is 7.53. The zero-order valence-corrected chi connectivity index (χ0v) is 21.1. The Morgan fingerprint density at radius 1 is 0.943 bits per heavy atom. The molecule has 0 saturated carbocycles. The number of alkyl halides is 1. The quantitative estimate of drug-likeness (QED) is 0.324. The van der Waals surface area contributed by atoms with Gasteiger partial charge in [-0.15, -0.1) is 0 Å². The third-order valence-corrected chi connectivity index (χ3v) is 7.83. The van der Waals surface area contributed by atoms with Crippen LogP contribution in [-0.4, -0.2) is 31.2 Å². The first-order valence-electron chi connectivity index (χ1n) is 12.7. The van der Waals surface area contributed by atoms with Crippen LogP contribution < -0.4 is 0 Å². The van der Waals surface area contributed by atoms with Gasteiger partial charge in [0.25, 0.3) is 0 Å². The van der Waals surface area contributed by atoms with E-state index in [1.54, 1.807) is 6.07 Å². The Labute approximate surface area is 212 Å². The maximum Gasteiger partial charge on any atom is 0.145 e. The van der Waals surface area contributed by atoms with Gasteiger partial charge in [0, 0.05) is 19.6 Å². The summed E-state index contributed by atoms with van der Waals surface area (Å²) in [6.07, 6.45) is 4.62. The van der Waals surface area contributed by atoms with E-state index in [0.29, 0.717) is 17.9 Å². The number of hydrogen-bond donors (Lipinski definition) is 0. The van der Waals surface area contributed by atoms with Crippen LogP contribution in [0.25, 0.3) is 11.1 Å². The summed E-state index contributed by atoms with van der Waals surface area (Å²) in [4.78, 5) is 2.34. The van der Waals surface area contributed by atoms with Crippen molar-refractivity contribution < 1.29 is 8.78 Å². The Morgan fingerprint density at radius 3 is 2.49 bits per heavy atom. The SMILES string of the molecule is Cc1c(C2=C(c3ccc(CC4CN(CCCF)C4)cc3)c3ccccc3CCC2)ccc(Cl)c1F. The number of hydrogen-bond acceptors (Lipinski definition) is 1. The van der Waals surface area contributed by atoms with Crippen molar-refractivity contribution in [2.45, 2.75) is 39.0 Å². The van der Waals surface area contributed by atoms with Crippen LogP contribution in [0.5, 0.6) is 0 Å². The smallest absolute Gasteiger partial charge is 0.145 e. The molecule has 35 heavy (non-hydrogen) atoms. The Bertz CT molecular complexity index is 1230. The number of benzene rings is 3. The van der Waals surface area contributed by atoms with E-state index in [0.717, 1.165) is 50.9 Å². The van der Waals surface area contributed by atoms with Gasteiger partial charge >= 0.3 is 0 Å². The van der Waals surface area contributed by atoms with E-state index in [2.05, 4.69) is 53.4 Å². The second-order valence-electron chi connectivity index (χ2n) is 9.97. The lowest BCUT2D eigenvalue weighted by Gasteiger charge is -2.39. The Kier molecular flexibility index (Phi) is 7.36. The van der Waals surface area contributed by atoms with Crippen LogP contribution in [0.4, 0.5) is 8.78 Å². The molecule has 1 aliphatic carbocycles. The summed E-state index contributed by atoms with van der Waals surface area (Å²) in [5.74, 6) is 0.318. The molecule has 1 heterocycles. The Balaban J connectivity index is 1.49. The molecule has 1 saturated heterocycles. The summed E-state index contributed by atoms with van der Waals surface area (Å²) < 4.78 is 27.2. The van der Waals surface area contributed by atoms with E-state index < -0.39 is 0 Å². The van der Waals surface area contributed by atoms with E-state index in [9.17, 15) is 8.78 Å². The minimum atomic E-state index is -0.329. The number of aryl methyl sites for hydroxylation is 1. The van der Waals surface area contributed by atoms with E-state index in [4.69, 9.17) is 11.6 Å². The van der Waals surface area contributed by atoms with Crippen molar-refractivity contribution in [3.8, 4) is 0 Å². The van der Waals surface area contributed by atoms with Gasteiger partial charge in [-0.1, -0.05) is 66.2 Å². The lowest BCUT2D eigenvalue weighted by atomic mass is 9.85. The van der Waals surface area contributed by atoms with Crippen molar-refractivity contribution >= 4 is 22.7 Å². The zero-order valence-electron chi connectivity index (χ0n) is 20.3. The third kappa shape index (κ3) is 5.08. The number of nitrogens with zero attached hydrogens (tertiary/aromatic N) is 1. The van der Waals surface area contributed by atoms with Gasteiger partial charge in [-0.25, -0.2) is 4.39 Å². The molecule has 0 unspecified atom stereocenters. The monoisotopic (exact) mass is 491 g/mol. The van der Waals surface area contributed by atoms with Gasteiger partial charge < -0.3 is 4.90 Å². The summed E-state index contributed by atoms with van der Waals surface area (Å²) in [6, 6.07) is 21.2. The molecule has 0 bridgehead atoms. The van der Waals surface area contributed by atoms with Crippen LogP contribution in [0.1, 0.15) is 52.6 Å². The molecule has 4 heteroatoms. The number of likely N-dealkylation sites (tertiary alicyclic amines) is 1. The molecule has 0 aromatic heterocycles. The topological polar surface area (TPSA) is 3.24 Å². The van der Waals surface area contributed by atoms with Crippen molar-refractivity contribution in [2.24, 2.45) is 5.92 Å². The molecule has 0 N–H and O–H groups in total. The maximum absolute atomic E-state index is 14.8. The first-order chi connectivity index (χ1) is 17.0. The molecule has 0 radical (unpaired) electrons. The van der Waals surface area contributed by atoms with Crippen LogP contribution in [0.2, 0.25) is 5.02 Å². The lowest BCUT2D eigenvalue weighted by Crippen LogP contribution is -2.47. The van der Waals surface area contributed by atoms with Gasteiger partial charge in [-0.05, 0) is 95.5 Å². The van der Waals surface area contributed by atoms with E-state index >= 15 is 0 Å². The summed E-state index contributed by atoms with van der Waals surface area (Å²) in [5.41, 5.74) is 9.05. The molecule has 0 amide bonds. The number of fused-ring (bicyclic) bond motifs is 1. The molecular formula is C31H32ClF2N. The molecule has 3 aromatic rings. The Morgan fingerprint density at radius 2 is 1.71 bits per heavy atom. The average Bonchev–Trinajstić information content (AvgIpc) is 3.04. The van der Waals surface area contributed by atoms with Gasteiger partial charge in [0.05, 0.1) is 11.7 Å². The summed E-state index contributed by atoms with van der Waals surface area (Å²) in [7, 11) is 0. The molecule has 1 nitrogen and oxygen atoms in total. The van der Waals surface area contributed by atoms with Crippen molar-refractivity contribution in [1.82, 2.24) is 4.90 Å². The highest BCUT2D eigenvalue weighted by Gasteiger charge is 2.26. The predicted octanol–water partition coefficient (Wildman–Crippen LogP) is 7.92. The van der Waals surface area contributed by atoms with Crippen molar-refractivity contribution in [3.05, 3.63) is 105 Å². The molecule has 3 aromatic carbocycles. The van der Waals surface area contributed by atoms with Crippen molar-refractivity contribution in [2.75, 3.05) is 26.3 Å². The van der Waals surface area contributed by atoms with Crippen LogP contribution in [0.15, 0.2) is 60.7 Å². The standard InChI is InChI=1S/C31H32ClF2N/c1-21-26(14-15-29(32)31(21)34)28-9-4-7-24-6-2-3-8-27(24)30(28)25-12-10-22(11-13-25)18-23-19-35(20-23)17-5-16-33/h2-3,6,8,10-15,23H,4-5,7,9,16-20H2,1H3. The van der Waals surface area contributed by atoms with Crippen LogP contribution >= 0.6 is 11.6 Å². The normalized spacial score (nSPS) is 16.7. The molecule has 182 valence electrons. The fourth-order valence-electron chi connectivity index (χ4n) is 5.72. The largest absolute Gasteiger partial charge is 0.303 e. The Hall–Kier alpha value is -2.49. The molecular weight excluding hydrogens is 460 g/mol. The lowest BCUT2D eigenvalue weighted by molar-refractivity contribution is 0.0968. The van der Waals surface area contributed by atoms with Crippen LogP contribution in [-0.2, 0) is 12.8 Å². The first kappa shape index (κ1) is 24.2. The minimum absolute atomic E-state index is 0.172. The van der Waals surface area contributed by atoms with Crippen molar-refractivity contribution in [3.63, 3.8) is 0 Å². The summed E-state index contributed by atoms with van der Waals surface area (Å²) >= 11 is 6.09. The average molecular weight is 492 g/mol. The van der Waals surface area contributed by atoms with Gasteiger partial charge in [-0.3, -0.25) is 4.39 Å². The highest BCUT2D eigenvalue weighted by atomic mass is 35.5. The van der Waals surface area contributed by atoms with Crippen LogP contribution in [0.3, 0.4) is 0 Å². The van der Waals surface area contributed by atoms with Crippen molar-refractivity contribution in [1.29, 1.82) is 0 Å². The fraction of sp³-hybridized carbons (Fsp3) is 0.355. The number of allylic oxidation sites excluding steroid dienone is 1. The van der Waals surface area contributed by atoms with E-state index in [1.807, 2.05) is 13.0 Å².